The molecule has 1 fully saturated rings. The van der Waals surface area contributed by atoms with Gasteiger partial charge in [0.2, 0.25) is 0 Å². The summed E-state index contributed by atoms with van der Waals surface area (Å²) in [7, 11) is 0. The maximum absolute atomic E-state index is 13.6. The molecule has 1 aromatic carbocycles. The number of imidazole rings is 1. The number of hydrogen-bond acceptors (Lipinski definition) is 7. The summed E-state index contributed by atoms with van der Waals surface area (Å²) in [6, 6.07) is 10.3. The van der Waals surface area contributed by atoms with Crippen LogP contribution in [0.15, 0.2) is 36.7 Å². The number of aromatic amines is 1. The smallest absolute Gasteiger partial charge is 0.280 e. The first kappa shape index (κ1) is 29.0. The number of rotatable bonds is 7. The van der Waals surface area contributed by atoms with Crippen molar-refractivity contribution in [2.24, 2.45) is 11.3 Å². The summed E-state index contributed by atoms with van der Waals surface area (Å²) in [4.78, 5) is 34.2. The van der Waals surface area contributed by atoms with Crippen molar-refractivity contribution in [1.82, 2.24) is 30.2 Å². The Morgan fingerprint density at radius 2 is 1.93 bits per heavy atom. The fourth-order valence-corrected chi connectivity index (χ4v) is 7.21. The number of H-pyrrole nitrogens is 1. The first-order chi connectivity index (χ1) is 20.1. The molecule has 3 aromatic heterocycles. The van der Waals surface area contributed by atoms with Crippen LogP contribution in [0.5, 0.6) is 0 Å². The fraction of sp³-hybridized carbons (Fsp3) is 0.515. The summed E-state index contributed by atoms with van der Waals surface area (Å²) < 4.78 is 0. The van der Waals surface area contributed by atoms with Crippen molar-refractivity contribution in [3.63, 3.8) is 0 Å². The molecule has 0 bridgehead atoms. The van der Waals surface area contributed by atoms with Gasteiger partial charge in [0.25, 0.3) is 5.91 Å². The van der Waals surface area contributed by atoms with Crippen molar-refractivity contribution in [3.8, 4) is 11.3 Å². The van der Waals surface area contributed by atoms with Crippen LogP contribution in [-0.4, -0.2) is 61.6 Å². The highest BCUT2D eigenvalue weighted by atomic mass is 32.1. The second-order valence-electron chi connectivity index (χ2n) is 13.1. The van der Waals surface area contributed by atoms with Crippen LogP contribution in [0.1, 0.15) is 84.8 Å². The van der Waals surface area contributed by atoms with E-state index in [0.29, 0.717) is 10.9 Å². The Hall–Kier alpha value is -3.14. The number of piperidine rings is 1. The van der Waals surface area contributed by atoms with Crippen LogP contribution in [0, 0.1) is 18.3 Å². The van der Waals surface area contributed by atoms with E-state index in [4.69, 9.17) is 9.97 Å². The molecule has 1 saturated heterocycles. The van der Waals surface area contributed by atoms with Crippen molar-refractivity contribution in [1.29, 1.82) is 0 Å². The van der Waals surface area contributed by atoms with Crippen molar-refractivity contribution < 1.29 is 9.90 Å². The van der Waals surface area contributed by atoms with Crippen LogP contribution in [0.3, 0.4) is 0 Å². The number of hydrogen-bond donors (Lipinski definition) is 3. The van der Waals surface area contributed by atoms with E-state index in [2.05, 4.69) is 71.3 Å². The summed E-state index contributed by atoms with van der Waals surface area (Å²) in [6.07, 6.45) is 7.03. The predicted molar refractivity (Wildman–Crippen MR) is 168 cm³/mol. The molecule has 4 heterocycles. The second kappa shape index (κ2) is 11.9. The van der Waals surface area contributed by atoms with E-state index >= 15 is 0 Å². The Kier molecular flexibility index (Phi) is 8.18. The number of likely N-dealkylation sites (tertiary alicyclic amines) is 1. The number of nitrogens with zero attached hydrogens (tertiary/aromatic N) is 4. The molecule has 1 aliphatic carbocycles. The number of amides is 1. The van der Waals surface area contributed by atoms with Crippen molar-refractivity contribution in [2.45, 2.75) is 78.4 Å². The summed E-state index contributed by atoms with van der Waals surface area (Å²) in [5.74, 6) is 0.465. The number of nitrogens with one attached hydrogen (secondary N) is 2. The quantitative estimate of drug-likeness (QED) is 0.251. The number of aliphatic hydroxyl groups excluding tert-OH is 1. The summed E-state index contributed by atoms with van der Waals surface area (Å²) in [5.41, 5.74) is 7.59. The number of thiazole rings is 1. The fourth-order valence-electron chi connectivity index (χ4n) is 6.37. The second-order valence-corrected chi connectivity index (χ2v) is 14.1. The molecule has 0 radical (unpaired) electrons. The molecule has 6 rings (SSSR count). The number of carbonyl (C=O) groups is 1. The Labute approximate surface area is 252 Å². The van der Waals surface area contributed by atoms with Crippen molar-refractivity contribution >= 4 is 27.6 Å². The van der Waals surface area contributed by atoms with Gasteiger partial charge < -0.3 is 20.3 Å². The van der Waals surface area contributed by atoms with Gasteiger partial charge in [0.05, 0.1) is 24.2 Å². The molecular weight excluding hydrogens is 544 g/mol. The Morgan fingerprint density at radius 1 is 1.17 bits per heavy atom. The van der Waals surface area contributed by atoms with Gasteiger partial charge in [-0.3, -0.25) is 4.79 Å². The minimum atomic E-state index is -0.201. The lowest BCUT2D eigenvalue weighted by Crippen LogP contribution is -2.38. The van der Waals surface area contributed by atoms with Gasteiger partial charge in [-0.25, -0.2) is 15.0 Å². The highest BCUT2D eigenvalue weighted by Crippen LogP contribution is 2.38. The maximum Gasteiger partial charge on any atom is 0.280 e. The third-order valence-corrected chi connectivity index (χ3v) is 10.1. The van der Waals surface area contributed by atoms with Gasteiger partial charge in [-0.1, -0.05) is 56.4 Å². The standard InChI is InChI=1S/C33H42N6O2S/c1-20-29(35-19-34-20)22-7-5-21(6-8-22)27(13-16-39-14-11-25(40)12-15-39)36-30(41)32-38-28-18-23-17-24(33(2,3)4)9-10-26(23)37-31(28)42-32/h5-8,18-19,24-25,27,40H,9-17H2,1-4H3,(H,34,35)(H,36,41)/t24-,27?/m0/s1. The van der Waals surface area contributed by atoms with Gasteiger partial charge in [0.15, 0.2) is 5.01 Å². The monoisotopic (exact) mass is 586 g/mol. The molecule has 4 aromatic rings. The molecule has 42 heavy (non-hydrogen) atoms. The molecule has 2 atom stereocenters. The van der Waals surface area contributed by atoms with Crippen LogP contribution in [0.25, 0.3) is 21.6 Å². The van der Waals surface area contributed by atoms with Crippen LogP contribution in [0.2, 0.25) is 0 Å². The van der Waals surface area contributed by atoms with Gasteiger partial charge in [-0.2, -0.15) is 0 Å². The molecule has 0 spiro atoms. The van der Waals surface area contributed by atoms with Gasteiger partial charge >= 0.3 is 0 Å². The highest BCUT2D eigenvalue weighted by molar-refractivity contribution is 7.19. The zero-order valence-electron chi connectivity index (χ0n) is 25.1. The first-order valence-electron chi connectivity index (χ1n) is 15.2. The van der Waals surface area contributed by atoms with Crippen molar-refractivity contribution in [2.75, 3.05) is 19.6 Å². The molecule has 1 unspecified atom stereocenters. The van der Waals surface area contributed by atoms with E-state index in [1.54, 1.807) is 6.33 Å². The molecular formula is C33H42N6O2S. The van der Waals surface area contributed by atoms with Gasteiger partial charge in [-0.15, -0.1) is 0 Å². The predicted octanol–water partition coefficient (Wildman–Crippen LogP) is 5.86. The number of aromatic nitrogens is 4. The van der Waals surface area contributed by atoms with E-state index < -0.39 is 0 Å². The van der Waals surface area contributed by atoms with Crippen LogP contribution < -0.4 is 5.32 Å². The van der Waals surface area contributed by atoms with Gasteiger partial charge in [0.1, 0.15) is 10.3 Å². The zero-order valence-corrected chi connectivity index (χ0v) is 25.9. The van der Waals surface area contributed by atoms with E-state index in [1.165, 1.54) is 16.9 Å². The largest absolute Gasteiger partial charge is 0.393 e. The van der Waals surface area contributed by atoms with E-state index in [1.807, 2.05) is 6.92 Å². The molecule has 1 aliphatic heterocycles. The number of aryl methyl sites for hydroxylation is 2. The van der Waals surface area contributed by atoms with Gasteiger partial charge in [0, 0.05) is 36.6 Å². The summed E-state index contributed by atoms with van der Waals surface area (Å²) in [5, 5.41) is 13.7. The first-order valence-corrected chi connectivity index (χ1v) is 16.1. The zero-order chi connectivity index (χ0) is 29.4. The summed E-state index contributed by atoms with van der Waals surface area (Å²) in [6.45, 7) is 11.6. The minimum Gasteiger partial charge on any atom is -0.393 e. The van der Waals surface area contributed by atoms with E-state index in [9.17, 15) is 9.90 Å². The molecule has 9 heteroatoms. The normalized spacial score (nSPS) is 19.1. The maximum atomic E-state index is 13.6. The van der Waals surface area contributed by atoms with Crippen LogP contribution in [-0.2, 0) is 12.8 Å². The topological polar surface area (TPSA) is 107 Å². The number of pyridine rings is 1. The third-order valence-electron chi connectivity index (χ3n) is 9.18. The Balaban J connectivity index is 1.21. The molecule has 222 valence electrons. The number of aliphatic hydroxyl groups is 1. The lowest BCUT2D eigenvalue weighted by molar-refractivity contribution is 0.0795. The number of benzene rings is 1. The average molecular weight is 587 g/mol. The Morgan fingerprint density at radius 3 is 2.62 bits per heavy atom. The summed E-state index contributed by atoms with van der Waals surface area (Å²) >= 11 is 1.39. The molecule has 8 nitrogen and oxygen atoms in total. The van der Waals surface area contributed by atoms with Crippen molar-refractivity contribution in [3.05, 3.63) is 64.2 Å². The van der Waals surface area contributed by atoms with E-state index in [-0.39, 0.29) is 23.5 Å². The lowest BCUT2D eigenvalue weighted by atomic mass is 9.71. The lowest BCUT2D eigenvalue weighted by Gasteiger charge is -2.34. The Bertz CT molecular complexity index is 1550. The van der Waals surface area contributed by atoms with Crippen LogP contribution in [0.4, 0.5) is 0 Å². The minimum absolute atomic E-state index is 0.158. The number of fused-ring (bicyclic) bond motifs is 2. The third kappa shape index (κ3) is 6.28. The molecule has 3 N–H and O–H groups in total. The average Bonchev–Trinajstić information content (AvgIpc) is 3.59. The molecule has 2 aliphatic rings. The van der Waals surface area contributed by atoms with E-state index in [0.717, 1.165) is 96.7 Å². The van der Waals surface area contributed by atoms with Gasteiger partial charge in [-0.05, 0) is 74.0 Å². The SMILES string of the molecule is Cc1[nH]cnc1-c1ccc(C(CCN2CCC(O)CC2)NC(=O)c2nc3cc4c(nc3s2)CC[C@H](C(C)(C)C)C4)cc1. The highest BCUT2D eigenvalue weighted by Gasteiger charge is 2.30. The molecule has 1 amide bonds. The molecule has 0 saturated carbocycles. The van der Waals surface area contributed by atoms with Crippen LogP contribution >= 0.6 is 11.3 Å². The number of carbonyl (C=O) groups excluding carboxylic acids is 1.